The van der Waals surface area contributed by atoms with Crippen molar-refractivity contribution in [2.45, 2.75) is 20.0 Å². The van der Waals surface area contributed by atoms with E-state index in [0.717, 1.165) is 55.4 Å². The molecule has 1 aromatic carbocycles. The largest absolute Gasteiger partial charge is 0.339 e. The highest BCUT2D eigenvalue weighted by atomic mass is 16.2. The van der Waals surface area contributed by atoms with E-state index in [2.05, 4.69) is 27.9 Å². The summed E-state index contributed by atoms with van der Waals surface area (Å²) in [5, 5.41) is 3.27. The Balaban J connectivity index is 1.66. The molecule has 1 N–H and O–H groups in total. The summed E-state index contributed by atoms with van der Waals surface area (Å²) < 4.78 is 4.04. The Kier molecular flexibility index (Phi) is 4.23. The lowest BCUT2D eigenvalue weighted by molar-refractivity contribution is -0.132. The molecule has 1 aliphatic rings. The number of para-hydroxylation sites is 2. The van der Waals surface area contributed by atoms with Crippen LogP contribution >= 0.6 is 0 Å². The molecule has 7 nitrogen and oxygen atoms in total. The van der Waals surface area contributed by atoms with E-state index < -0.39 is 0 Å². The Bertz CT molecular complexity index is 890. The summed E-state index contributed by atoms with van der Waals surface area (Å²) in [5.74, 6) is 1.67. The van der Waals surface area contributed by atoms with Crippen LogP contribution in [0.2, 0.25) is 0 Å². The Morgan fingerprint density at radius 1 is 1.20 bits per heavy atom. The third-order valence-corrected chi connectivity index (χ3v) is 4.66. The molecule has 0 saturated carbocycles. The second-order valence-corrected chi connectivity index (χ2v) is 6.18. The Morgan fingerprint density at radius 2 is 2.00 bits per heavy atom. The zero-order valence-corrected chi connectivity index (χ0v) is 14.4. The number of aromatic nitrogens is 4. The summed E-state index contributed by atoms with van der Waals surface area (Å²) in [7, 11) is 0. The molecule has 0 spiro atoms. The van der Waals surface area contributed by atoms with Crippen molar-refractivity contribution in [3.63, 3.8) is 0 Å². The van der Waals surface area contributed by atoms with Gasteiger partial charge in [-0.15, -0.1) is 0 Å². The van der Waals surface area contributed by atoms with E-state index in [-0.39, 0.29) is 5.91 Å². The van der Waals surface area contributed by atoms with Gasteiger partial charge in [-0.05, 0) is 19.1 Å². The van der Waals surface area contributed by atoms with Crippen LogP contribution in [0.15, 0.2) is 36.7 Å². The number of fused-ring (bicyclic) bond motifs is 1. The van der Waals surface area contributed by atoms with Crippen LogP contribution < -0.4 is 5.32 Å². The number of nitrogens with one attached hydrogen (secondary N) is 1. The monoisotopic (exact) mass is 338 g/mol. The van der Waals surface area contributed by atoms with Gasteiger partial charge in [0.2, 0.25) is 5.91 Å². The van der Waals surface area contributed by atoms with E-state index in [1.807, 2.05) is 33.9 Å². The van der Waals surface area contributed by atoms with Gasteiger partial charge in [0.15, 0.2) is 11.6 Å². The van der Waals surface area contributed by atoms with Crippen LogP contribution in [0, 0.1) is 0 Å². The van der Waals surface area contributed by atoms with Crippen molar-refractivity contribution in [3.05, 3.63) is 36.7 Å². The molecule has 0 atom stereocenters. The normalized spacial score (nSPS) is 15.0. The molecular weight excluding hydrogens is 316 g/mol. The lowest BCUT2D eigenvalue weighted by atomic mass is 10.3. The smallest absolute Gasteiger partial charge is 0.242 e. The number of hydrogen-bond acceptors (Lipinski definition) is 4. The maximum Gasteiger partial charge on any atom is 0.242 e. The Labute approximate surface area is 146 Å². The van der Waals surface area contributed by atoms with Gasteiger partial charge in [0.25, 0.3) is 0 Å². The number of carbonyl (C=O) groups excluding carboxylic acids is 1. The van der Waals surface area contributed by atoms with E-state index in [1.54, 1.807) is 6.20 Å². The predicted molar refractivity (Wildman–Crippen MR) is 96.1 cm³/mol. The number of rotatable bonds is 4. The van der Waals surface area contributed by atoms with Gasteiger partial charge >= 0.3 is 0 Å². The first kappa shape index (κ1) is 15.8. The summed E-state index contributed by atoms with van der Waals surface area (Å²) >= 11 is 0. The minimum Gasteiger partial charge on any atom is -0.339 e. The van der Waals surface area contributed by atoms with Crippen LogP contribution in [0.3, 0.4) is 0 Å². The fourth-order valence-corrected chi connectivity index (χ4v) is 3.37. The zero-order chi connectivity index (χ0) is 17.2. The topological polar surface area (TPSA) is 68.0 Å². The fraction of sp³-hybridized carbons (Fsp3) is 0.389. The van der Waals surface area contributed by atoms with E-state index in [1.165, 1.54) is 0 Å². The molecular formula is C18H22N6O. The molecule has 1 amide bonds. The average molecular weight is 338 g/mol. The van der Waals surface area contributed by atoms with Gasteiger partial charge in [-0.25, -0.2) is 9.97 Å². The number of nitrogens with zero attached hydrogens (tertiary/aromatic N) is 5. The van der Waals surface area contributed by atoms with Gasteiger partial charge in [0.05, 0.1) is 11.0 Å². The molecule has 7 heteroatoms. The molecule has 2 aromatic heterocycles. The molecule has 130 valence electrons. The summed E-state index contributed by atoms with van der Waals surface area (Å²) in [6, 6.07) is 8.07. The fourth-order valence-electron chi connectivity index (χ4n) is 3.37. The quantitative estimate of drug-likeness (QED) is 0.780. The molecule has 1 aliphatic heterocycles. The Hall–Kier alpha value is -2.67. The lowest BCUT2D eigenvalue weighted by Crippen LogP contribution is -2.47. The molecule has 25 heavy (non-hydrogen) atoms. The van der Waals surface area contributed by atoms with Crippen molar-refractivity contribution in [1.29, 1.82) is 0 Å². The highest BCUT2D eigenvalue weighted by molar-refractivity contribution is 5.80. The molecule has 0 aliphatic carbocycles. The van der Waals surface area contributed by atoms with E-state index >= 15 is 0 Å². The lowest BCUT2D eigenvalue weighted by Gasteiger charge is -2.27. The maximum absolute atomic E-state index is 12.6. The third-order valence-electron chi connectivity index (χ3n) is 4.66. The molecule has 1 fully saturated rings. The SMILES string of the molecule is CCn1c(-c2nccn2CC(=O)N2CCNCC2)nc2ccccc21. The molecule has 0 unspecified atom stereocenters. The summed E-state index contributed by atoms with van der Waals surface area (Å²) in [6.07, 6.45) is 3.59. The molecule has 3 aromatic rings. The molecule has 3 heterocycles. The van der Waals surface area contributed by atoms with Gasteiger partial charge in [-0.3, -0.25) is 4.79 Å². The van der Waals surface area contributed by atoms with Crippen molar-refractivity contribution in [2.24, 2.45) is 0 Å². The van der Waals surface area contributed by atoms with Crippen LogP contribution in [0.25, 0.3) is 22.7 Å². The van der Waals surface area contributed by atoms with Crippen LogP contribution in [-0.2, 0) is 17.9 Å². The van der Waals surface area contributed by atoms with Crippen molar-refractivity contribution in [3.8, 4) is 11.6 Å². The van der Waals surface area contributed by atoms with Crippen LogP contribution in [-0.4, -0.2) is 56.1 Å². The van der Waals surface area contributed by atoms with E-state index in [0.29, 0.717) is 6.54 Å². The zero-order valence-electron chi connectivity index (χ0n) is 14.4. The van der Waals surface area contributed by atoms with Crippen LogP contribution in [0.4, 0.5) is 0 Å². The predicted octanol–water partition coefficient (Wildman–Crippen LogP) is 1.35. The average Bonchev–Trinajstić information content (AvgIpc) is 3.25. The van der Waals surface area contributed by atoms with Crippen molar-refractivity contribution in [1.82, 2.24) is 29.3 Å². The van der Waals surface area contributed by atoms with Crippen molar-refractivity contribution in [2.75, 3.05) is 26.2 Å². The molecule has 0 radical (unpaired) electrons. The standard InChI is InChI=1S/C18H22N6O/c1-2-24-15-6-4-3-5-14(15)21-18(24)17-20-9-12-23(17)13-16(25)22-10-7-19-8-11-22/h3-6,9,12,19H,2,7-8,10-11,13H2,1H3. The molecule has 0 bridgehead atoms. The minimum absolute atomic E-state index is 0.125. The maximum atomic E-state index is 12.6. The number of aryl methyl sites for hydroxylation is 1. The van der Waals surface area contributed by atoms with Crippen molar-refractivity contribution >= 4 is 16.9 Å². The number of hydrogen-bond donors (Lipinski definition) is 1. The van der Waals surface area contributed by atoms with Crippen molar-refractivity contribution < 1.29 is 4.79 Å². The highest BCUT2D eigenvalue weighted by Gasteiger charge is 2.20. The number of amides is 1. The number of benzene rings is 1. The van der Waals surface area contributed by atoms with E-state index in [9.17, 15) is 4.79 Å². The van der Waals surface area contributed by atoms with Gasteiger partial charge < -0.3 is 19.4 Å². The molecule has 1 saturated heterocycles. The number of carbonyl (C=O) groups is 1. The first-order valence-corrected chi connectivity index (χ1v) is 8.73. The second kappa shape index (κ2) is 6.68. The van der Waals surface area contributed by atoms with Crippen LogP contribution in [0.5, 0.6) is 0 Å². The first-order chi connectivity index (χ1) is 12.3. The summed E-state index contributed by atoms with van der Waals surface area (Å²) in [6.45, 7) is 6.42. The highest BCUT2D eigenvalue weighted by Crippen LogP contribution is 2.23. The molecule has 4 rings (SSSR count). The Morgan fingerprint density at radius 3 is 2.80 bits per heavy atom. The van der Waals surface area contributed by atoms with Gasteiger partial charge in [-0.2, -0.15) is 0 Å². The van der Waals surface area contributed by atoms with E-state index in [4.69, 9.17) is 4.98 Å². The third kappa shape index (κ3) is 2.91. The van der Waals surface area contributed by atoms with Gasteiger partial charge in [-0.1, -0.05) is 12.1 Å². The number of imidazole rings is 2. The summed E-state index contributed by atoms with van der Waals surface area (Å²) in [5.41, 5.74) is 2.03. The van der Waals surface area contributed by atoms with Gasteiger partial charge in [0.1, 0.15) is 6.54 Å². The van der Waals surface area contributed by atoms with Gasteiger partial charge in [0, 0.05) is 45.1 Å². The minimum atomic E-state index is 0.125. The van der Waals surface area contributed by atoms with Crippen LogP contribution in [0.1, 0.15) is 6.92 Å². The summed E-state index contributed by atoms with van der Waals surface area (Å²) in [4.78, 5) is 23.7. The first-order valence-electron chi connectivity index (χ1n) is 8.73. The second-order valence-electron chi connectivity index (χ2n) is 6.18. The number of piperazine rings is 1.